The minimum absolute atomic E-state index is 0.821. The Morgan fingerprint density at radius 1 is 1.42 bits per heavy atom. The zero-order valence-electron chi connectivity index (χ0n) is 8.36. The lowest BCUT2D eigenvalue weighted by atomic mass is 10.3. The fraction of sp³-hybridized carbons (Fsp3) is 0.800. The van der Waals surface area contributed by atoms with Crippen molar-refractivity contribution in [3.05, 3.63) is 12.2 Å². The summed E-state index contributed by atoms with van der Waals surface area (Å²) >= 11 is 0. The zero-order valence-corrected chi connectivity index (χ0v) is 8.36. The third-order valence-corrected chi connectivity index (χ3v) is 1.57. The molecular weight excluding hydrogens is 150 g/mol. The van der Waals surface area contributed by atoms with Crippen LogP contribution in [-0.4, -0.2) is 26.3 Å². The van der Waals surface area contributed by atoms with Crippen LogP contribution in [0.1, 0.15) is 26.7 Å². The van der Waals surface area contributed by atoms with Crippen molar-refractivity contribution in [2.75, 3.05) is 26.3 Å². The van der Waals surface area contributed by atoms with Gasteiger partial charge in [-0.3, -0.25) is 0 Å². The predicted molar refractivity (Wildman–Crippen MR) is 53.4 cm³/mol. The number of rotatable bonds is 8. The third kappa shape index (κ3) is 9.66. The summed E-state index contributed by atoms with van der Waals surface area (Å²) in [5.41, 5.74) is 1.20. The van der Waals surface area contributed by atoms with E-state index in [9.17, 15) is 0 Å². The molecule has 0 rings (SSSR count). The summed E-state index contributed by atoms with van der Waals surface area (Å²) < 4.78 is 5.39. The molecule has 0 saturated carbocycles. The molecule has 1 N–H and O–H groups in total. The van der Waals surface area contributed by atoms with E-state index in [2.05, 4.69) is 18.8 Å². The molecule has 0 aromatic heterocycles. The highest BCUT2D eigenvalue weighted by atomic mass is 16.5. The van der Waals surface area contributed by atoms with E-state index in [1.807, 2.05) is 6.92 Å². The van der Waals surface area contributed by atoms with E-state index in [4.69, 9.17) is 4.74 Å². The molecule has 72 valence electrons. The normalized spacial score (nSPS) is 10.2. The largest absolute Gasteiger partial charge is 0.381 e. The van der Waals surface area contributed by atoms with Crippen LogP contribution in [0.5, 0.6) is 0 Å². The number of hydrogen-bond donors (Lipinski definition) is 1. The molecule has 0 spiro atoms. The van der Waals surface area contributed by atoms with Crippen LogP contribution in [0.15, 0.2) is 12.2 Å². The van der Waals surface area contributed by atoms with Crippen LogP contribution in [0.2, 0.25) is 0 Å². The first-order valence-corrected chi connectivity index (χ1v) is 4.70. The minimum atomic E-state index is 0.821. The predicted octanol–water partition coefficient (Wildman–Crippen LogP) is 1.97. The van der Waals surface area contributed by atoms with Gasteiger partial charge in [-0.1, -0.05) is 12.5 Å². The summed E-state index contributed by atoms with van der Waals surface area (Å²) in [5.74, 6) is 0. The summed E-state index contributed by atoms with van der Waals surface area (Å²) in [5, 5.41) is 3.25. The van der Waals surface area contributed by atoms with Crippen LogP contribution in [0.25, 0.3) is 0 Å². The second-order valence-corrected chi connectivity index (χ2v) is 3.03. The quantitative estimate of drug-likeness (QED) is 0.445. The highest BCUT2D eigenvalue weighted by molar-refractivity contribution is 4.86. The first kappa shape index (κ1) is 11.7. The highest BCUT2D eigenvalue weighted by Crippen LogP contribution is 1.95. The number of hydrogen-bond acceptors (Lipinski definition) is 2. The molecule has 0 aromatic carbocycles. The lowest BCUT2D eigenvalue weighted by molar-refractivity contribution is 0.135. The molecule has 0 aromatic rings. The molecule has 0 unspecified atom stereocenters. The monoisotopic (exact) mass is 171 g/mol. The van der Waals surface area contributed by atoms with Crippen LogP contribution in [0.3, 0.4) is 0 Å². The van der Waals surface area contributed by atoms with E-state index in [0.717, 1.165) is 39.1 Å². The van der Waals surface area contributed by atoms with Crippen LogP contribution in [0.4, 0.5) is 0 Å². The molecule has 0 aliphatic heterocycles. The second-order valence-electron chi connectivity index (χ2n) is 3.03. The first-order valence-electron chi connectivity index (χ1n) is 4.70. The molecule has 2 heteroatoms. The van der Waals surface area contributed by atoms with E-state index >= 15 is 0 Å². The van der Waals surface area contributed by atoms with Gasteiger partial charge in [0.15, 0.2) is 0 Å². The fourth-order valence-electron chi connectivity index (χ4n) is 0.824. The van der Waals surface area contributed by atoms with Crippen molar-refractivity contribution in [3.63, 3.8) is 0 Å². The molecule has 12 heavy (non-hydrogen) atoms. The van der Waals surface area contributed by atoms with E-state index in [1.54, 1.807) is 0 Å². The van der Waals surface area contributed by atoms with Gasteiger partial charge in [0.1, 0.15) is 0 Å². The summed E-state index contributed by atoms with van der Waals surface area (Å²) in [4.78, 5) is 0. The second kappa shape index (κ2) is 8.75. The highest BCUT2D eigenvalue weighted by Gasteiger charge is 1.89. The van der Waals surface area contributed by atoms with E-state index in [0.29, 0.717) is 0 Å². The summed E-state index contributed by atoms with van der Waals surface area (Å²) in [6.45, 7) is 11.7. The molecule has 2 nitrogen and oxygen atoms in total. The van der Waals surface area contributed by atoms with Crippen LogP contribution in [-0.2, 0) is 4.74 Å². The Balaban J connectivity index is 2.86. The maximum Gasteiger partial charge on any atom is 0.0502 e. The topological polar surface area (TPSA) is 21.3 Å². The van der Waals surface area contributed by atoms with Gasteiger partial charge in [0, 0.05) is 6.61 Å². The molecule has 0 aliphatic rings. The molecule has 0 heterocycles. The summed E-state index contributed by atoms with van der Waals surface area (Å²) in [6, 6.07) is 0. The molecule has 0 radical (unpaired) electrons. The lowest BCUT2D eigenvalue weighted by Gasteiger charge is -2.03. The third-order valence-electron chi connectivity index (χ3n) is 1.57. The first-order chi connectivity index (χ1) is 5.77. The Morgan fingerprint density at radius 3 is 2.75 bits per heavy atom. The van der Waals surface area contributed by atoms with Crippen molar-refractivity contribution in [1.82, 2.24) is 5.32 Å². The van der Waals surface area contributed by atoms with Gasteiger partial charge in [0.25, 0.3) is 0 Å². The smallest absolute Gasteiger partial charge is 0.0502 e. The van der Waals surface area contributed by atoms with Crippen molar-refractivity contribution >= 4 is 0 Å². The Morgan fingerprint density at radius 2 is 2.17 bits per heavy atom. The molecule has 0 atom stereocenters. The minimum Gasteiger partial charge on any atom is -0.381 e. The Kier molecular flexibility index (Phi) is 8.51. The zero-order chi connectivity index (χ0) is 9.23. The molecule has 0 fully saturated rings. The van der Waals surface area contributed by atoms with Gasteiger partial charge in [-0.25, -0.2) is 0 Å². The van der Waals surface area contributed by atoms with Crippen molar-refractivity contribution in [2.45, 2.75) is 26.7 Å². The van der Waals surface area contributed by atoms with Gasteiger partial charge in [-0.2, -0.15) is 0 Å². The van der Waals surface area contributed by atoms with Gasteiger partial charge in [0.2, 0.25) is 0 Å². The average molecular weight is 171 g/mol. The maximum atomic E-state index is 5.39. The summed E-state index contributed by atoms with van der Waals surface area (Å²) in [6.07, 6.45) is 2.09. The maximum absolute atomic E-state index is 5.39. The van der Waals surface area contributed by atoms with Crippen molar-refractivity contribution in [3.8, 4) is 0 Å². The Bertz CT molecular complexity index is 112. The van der Waals surface area contributed by atoms with Crippen molar-refractivity contribution in [2.24, 2.45) is 0 Å². The van der Waals surface area contributed by atoms with E-state index < -0.39 is 0 Å². The van der Waals surface area contributed by atoms with Gasteiger partial charge >= 0.3 is 0 Å². The molecule has 0 aliphatic carbocycles. The number of ether oxygens (including phenoxy) is 1. The van der Waals surface area contributed by atoms with Crippen LogP contribution >= 0.6 is 0 Å². The van der Waals surface area contributed by atoms with Gasteiger partial charge < -0.3 is 10.1 Å². The van der Waals surface area contributed by atoms with Gasteiger partial charge in [0.05, 0.1) is 6.61 Å². The van der Waals surface area contributed by atoms with Gasteiger partial charge in [-0.05, 0) is 32.9 Å². The van der Waals surface area contributed by atoms with Crippen molar-refractivity contribution < 1.29 is 4.74 Å². The van der Waals surface area contributed by atoms with Gasteiger partial charge in [-0.15, -0.1) is 6.58 Å². The molecule has 0 saturated heterocycles. The Hall–Kier alpha value is -0.340. The number of nitrogens with one attached hydrogen (secondary N) is 1. The molecular formula is C10H21NO. The SMILES string of the molecule is C=C(C)CCOCCCNCC. The fourth-order valence-corrected chi connectivity index (χ4v) is 0.824. The average Bonchev–Trinajstić information content (AvgIpc) is 2.02. The molecule has 0 amide bonds. The standard InChI is InChI=1S/C10H21NO/c1-4-11-7-5-8-12-9-6-10(2)3/h11H,2,4-9H2,1,3H3. The lowest BCUT2D eigenvalue weighted by Crippen LogP contribution is -2.15. The van der Waals surface area contributed by atoms with E-state index in [-0.39, 0.29) is 0 Å². The van der Waals surface area contributed by atoms with E-state index in [1.165, 1.54) is 5.57 Å². The molecule has 0 bridgehead atoms. The van der Waals surface area contributed by atoms with Crippen LogP contribution in [0, 0.1) is 0 Å². The summed E-state index contributed by atoms with van der Waals surface area (Å²) in [7, 11) is 0. The van der Waals surface area contributed by atoms with Crippen LogP contribution < -0.4 is 5.32 Å². The van der Waals surface area contributed by atoms with Crippen molar-refractivity contribution in [1.29, 1.82) is 0 Å². The Labute approximate surface area is 76.0 Å².